The van der Waals surface area contributed by atoms with Crippen LogP contribution in [0.3, 0.4) is 0 Å². The Morgan fingerprint density at radius 3 is 1.74 bits per heavy atom. The van der Waals surface area contributed by atoms with Gasteiger partial charge < -0.3 is 10.1 Å². The molecular weight excluding hydrogens is 372 g/mol. The number of alkyl halides is 6. The standard InChI is InChI=1S/C19H19F6NO/c20-18(21,22)17(19(23,24)25,26-16-12-5-2-6-13-16)27-14-8-7-11-15-9-3-1-4-10-15/h1-6,9-10,12-13,26H,7-8,11,14H2. The van der Waals surface area contributed by atoms with Gasteiger partial charge in [0.05, 0.1) is 6.61 Å². The summed E-state index contributed by atoms with van der Waals surface area (Å²) >= 11 is 0. The summed E-state index contributed by atoms with van der Waals surface area (Å²) in [5, 5.41) is 1.51. The molecule has 0 heterocycles. The Balaban J connectivity index is 2.07. The molecular formula is C19H19F6NO. The van der Waals surface area contributed by atoms with Crippen LogP contribution in [-0.4, -0.2) is 24.7 Å². The minimum Gasteiger partial charge on any atom is -0.342 e. The zero-order valence-corrected chi connectivity index (χ0v) is 14.3. The number of aryl methyl sites for hydroxylation is 1. The largest absolute Gasteiger partial charge is 0.446 e. The molecule has 8 heteroatoms. The van der Waals surface area contributed by atoms with Crippen molar-refractivity contribution in [3.05, 3.63) is 66.2 Å². The van der Waals surface area contributed by atoms with Crippen LogP contribution in [0.25, 0.3) is 0 Å². The van der Waals surface area contributed by atoms with E-state index in [0.29, 0.717) is 12.8 Å². The van der Waals surface area contributed by atoms with Gasteiger partial charge in [-0.05, 0) is 37.0 Å². The van der Waals surface area contributed by atoms with Crippen molar-refractivity contribution in [1.82, 2.24) is 0 Å². The molecule has 0 aromatic heterocycles. The molecule has 0 fully saturated rings. The SMILES string of the molecule is FC(F)(F)C(Nc1ccccc1)(OCCCCc1ccccc1)C(F)(F)F. The Labute approximate surface area is 153 Å². The Hall–Kier alpha value is -2.22. The number of ether oxygens (including phenoxy) is 1. The summed E-state index contributed by atoms with van der Waals surface area (Å²) in [5.74, 6) is 0. The fourth-order valence-electron chi connectivity index (χ4n) is 2.53. The average Bonchev–Trinajstić information content (AvgIpc) is 2.60. The molecule has 0 aliphatic rings. The Kier molecular flexibility index (Phi) is 6.75. The fraction of sp³-hybridized carbons (Fsp3) is 0.368. The van der Waals surface area contributed by atoms with Crippen LogP contribution in [0.2, 0.25) is 0 Å². The number of hydrogen-bond acceptors (Lipinski definition) is 2. The molecule has 148 valence electrons. The molecule has 0 amide bonds. The maximum Gasteiger partial charge on any atom is 0.446 e. The third kappa shape index (κ3) is 5.38. The van der Waals surface area contributed by atoms with E-state index in [-0.39, 0.29) is 12.1 Å². The number of anilines is 1. The second-order valence-corrected chi connectivity index (χ2v) is 5.96. The summed E-state index contributed by atoms with van der Waals surface area (Å²) < 4.78 is 85.0. The molecule has 0 unspecified atom stereocenters. The highest BCUT2D eigenvalue weighted by Crippen LogP contribution is 2.46. The molecule has 2 rings (SSSR count). The van der Waals surface area contributed by atoms with Crippen molar-refractivity contribution in [3.63, 3.8) is 0 Å². The van der Waals surface area contributed by atoms with E-state index in [2.05, 4.69) is 4.74 Å². The normalized spacial score (nSPS) is 12.8. The lowest BCUT2D eigenvalue weighted by Gasteiger charge is -2.38. The number of unbranched alkanes of at least 4 members (excludes halogenated alkanes) is 1. The number of rotatable bonds is 8. The summed E-state index contributed by atoms with van der Waals surface area (Å²) in [6.07, 6.45) is -10.4. The van der Waals surface area contributed by atoms with Crippen molar-refractivity contribution in [2.45, 2.75) is 37.3 Å². The molecule has 2 aromatic carbocycles. The van der Waals surface area contributed by atoms with Gasteiger partial charge >= 0.3 is 18.1 Å². The molecule has 27 heavy (non-hydrogen) atoms. The van der Waals surface area contributed by atoms with E-state index in [1.807, 2.05) is 30.3 Å². The van der Waals surface area contributed by atoms with Crippen molar-refractivity contribution >= 4 is 5.69 Å². The second kappa shape index (κ2) is 8.65. The molecule has 0 aliphatic heterocycles. The Morgan fingerprint density at radius 2 is 1.22 bits per heavy atom. The highest BCUT2D eigenvalue weighted by molar-refractivity contribution is 5.45. The van der Waals surface area contributed by atoms with E-state index < -0.39 is 24.7 Å². The van der Waals surface area contributed by atoms with E-state index in [4.69, 9.17) is 0 Å². The second-order valence-electron chi connectivity index (χ2n) is 5.96. The van der Waals surface area contributed by atoms with Crippen LogP contribution in [-0.2, 0) is 11.2 Å². The average molecular weight is 391 g/mol. The third-order valence-corrected chi connectivity index (χ3v) is 3.91. The first kappa shape index (κ1) is 21.1. The van der Waals surface area contributed by atoms with Crippen molar-refractivity contribution in [2.24, 2.45) is 0 Å². The van der Waals surface area contributed by atoms with Crippen molar-refractivity contribution < 1.29 is 31.1 Å². The lowest BCUT2D eigenvalue weighted by Crippen LogP contribution is -2.64. The van der Waals surface area contributed by atoms with Crippen LogP contribution in [0.15, 0.2) is 60.7 Å². The smallest absolute Gasteiger partial charge is 0.342 e. The number of nitrogens with one attached hydrogen (secondary N) is 1. The molecule has 2 aromatic rings. The molecule has 0 spiro atoms. The highest BCUT2D eigenvalue weighted by atomic mass is 19.4. The Bertz CT molecular complexity index is 671. The van der Waals surface area contributed by atoms with Crippen LogP contribution in [0.1, 0.15) is 18.4 Å². The zero-order chi connectivity index (χ0) is 20.0. The van der Waals surface area contributed by atoms with Crippen LogP contribution in [0.4, 0.5) is 32.0 Å². The van der Waals surface area contributed by atoms with Gasteiger partial charge in [0.25, 0.3) is 0 Å². The fourth-order valence-corrected chi connectivity index (χ4v) is 2.53. The summed E-state index contributed by atoms with van der Waals surface area (Å²) in [6, 6.07) is 15.5. The van der Waals surface area contributed by atoms with Gasteiger partial charge in [-0.25, -0.2) is 0 Å². The van der Waals surface area contributed by atoms with Gasteiger partial charge in [-0.2, -0.15) is 26.3 Å². The zero-order valence-electron chi connectivity index (χ0n) is 14.3. The summed E-state index contributed by atoms with van der Waals surface area (Å²) in [7, 11) is 0. The van der Waals surface area contributed by atoms with Gasteiger partial charge in [0.2, 0.25) is 0 Å². The molecule has 0 aliphatic carbocycles. The first-order valence-corrected chi connectivity index (χ1v) is 8.30. The highest BCUT2D eigenvalue weighted by Gasteiger charge is 2.73. The predicted octanol–water partition coefficient (Wildman–Crippen LogP) is 5.96. The first-order valence-electron chi connectivity index (χ1n) is 8.30. The van der Waals surface area contributed by atoms with Crippen LogP contribution in [0.5, 0.6) is 0 Å². The van der Waals surface area contributed by atoms with Crippen molar-refractivity contribution in [2.75, 3.05) is 11.9 Å². The summed E-state index contributed by atoms with van der Waals surface area (Å²) in [4.78, 5) is 0. The molecule has 1 N–H and O–H groups in total. The number of halogens is 6. The Morgan fingerprint density at radius 1 is 0.704 bits per heavy atom. The van der Waals surface area contributed by atoms with E-state index in [1.54, 1.807) is 0 Å². The van der Waals surface area contributed by atoms with Crippen molar-refractivity contribution in [3.8, 4) is 0 Å². The van der Waals surface area contributed by atoms with E-state index >= 15 is 0 Å². The van der Waals surface area contributed by atoms with Gasteiger partial charge in [-0.3, -0.25) is 0 Å². The van der Waals surface area contributed by atoms with Crippen LogP contribution < -0.4 is 5.32 Å². The first-order chi connectivity index (χ1) is 12.7. The van der Waals surface area contributed by atoms with Gasteiger partial charge in [0.1, 0.15) is 0 Å². The van der Waals surface area contributed by atoms with Crippen LogP contribution in [0, 0.1) is 0 Å². The molecule has 0 atom stereocenters. The molecule has 0 bridgehead atoms. The summed E-state index contributed by atoms with van der Waals surface area (Å²) in [5.41, 5.74) is -3.84. The number of benzene rings is 2. The van der Waals surface area contributed by atoms with Gasteiger partial charge in [0.15, 0.2) is 0 Å². The minimum absolute atomic E-state index is 0.0548. The third-order valence-electron chi connectivity index (χ3n) is 3.91. The monoisotopic (exact) mass is 391 g/mol. The van der Waals surface area contributed by atoms with E-state index in [0.717, 1.165) is 17.7 Å². The molecule has 2 nitrogen and oxygen atoms in total. The summed E-state index contributed by atoms with van der Waals surface area (Å²) in [6.45, 7) is -0.689. The van der Waals surface area contributed by atoms with E-state index in [9.17, 15) is 26.3 Å². The maximum atomic E-state index is 13.4. The number of para-hydroxylation sites is 1. The van der Waals surface area contributed by atoms with Gasteiger partial charge in [-0.1, -0.05) is 48.5 Å². The van der Waals surface area contributed by atoms with Gasteiger partial charge in [0, 0.05) is 5.69 Å². The van der Waals surface area contributed by atoms with Crippen molar-refractivity contribution in [1.29, 1.82) is 0 Å². The predicted molar refractivity (Wildman–Crippen MR) is 90.2 cm³/mol. The molecule has 0 saturated heterocycles. The number of hydrogen-bond donors (Lipinski definition) is 1. The minimum atomic E-state index is -5.69. The lowest BCUT2D eigenvalue weighted by atomic mass is 10.1. The maximum absolute atomic E-state index is 13.4. The molecule has 0 saturated carbocycles. The van der Waals surface area contributed by atoms with E-state index in [1.165, 1.54) is 23.5 Å². The quantitative estimate of drug-likeness (QED) is 0.341. The molecule has 0 radical (unpaired) electrons. The topological polar surface area (TPSA) is 21.3 Å². The van der Waals surface area contributed by atoms with Gasteiger partial charge in [-0.15, -0.1) is 0 Å². The lowest BCUT2D eigenvalue weighted by molar-refractivity contribution is -0.369. The van der Waals surface area contributed by atoms with Crippen LogP contribution >= 0.6 is 0 Å².